The third-order valence-electron chi connectivity index (χ3n) is 5.04. The zero-order valence-corrected chi connectivity index (χ0v) is 14.1. The standard InChI is InChI=1S/C20H25NO3/c1-14(7-8-15-5-3-2-4-6-15)21-19(22)13-24-20(23)18-12-16-9-10-17(18)11-16/h2-6,9-10,14,16-18H,7-8,11-13H2,1H3,(H,21,22)/t14-,16+,17+,18-/m1/s1. The molecule has 1 amide bonds. The van der Waals surface area contributed by atoms with Crippen molar-refractivity contribution in [2.24, 2.45) is 17.8 Å². The Labute approximate surface area is 143 Å². The minimum Gasteiger partial charge on any atom is -0.455 e. The number of fused-ring (bicyclic) bond motifs is 2. The van der Waals surface area contributed by atoms with Crippen LogP contribution in [0.25, 0.3) is 0 Å². The molecule has 1 saturated carbocycles. The van der Waals surface area contributed by atoms with Gasteiger partial charge in [-0.1, -0.05) is 42.5 Å². The summed E-state index contributed by atoms with van der Waals surface area (Å²) in [6.07, 6.45) is 8.01. The van der Waals surface area contributed by atoms with Gasteiger partial charge < -0.3 is 10.1 Å². The Bertz CT molecular complexity index is 611. The van der Waals surface area contributed by atoms with E-state index in [-0.39, 0.29) is 30.4 Å². The van der Waals surface area contributed by atoms with Gasteiger partial charge in [0.05, 0.1) is 5.92 Å². The van der Waals surface area contributed by atoms with Gasteiger partial charge in [0.25, 0.3) is 5.91 Å². The highest BCUT2D eigenvalue weighted by Crippen LogP contribution is 2.43. The summed E-state index contributed by atoms with van der Waals surface area (Å²) in [7, 11) is 0. The summed E-state index contributed by atoms with van der Waals surface area (Å²) in [6.45, 7) is 1.80. The van der Waals surface area contributed by atoms with Crippen molar-refractivity contribution in [3.8, 4) is 0 Å². The highest BCUT2D eigenvalue weighted by atomic mass is 16.5. The van der Waals surface area contributed by atoms with Gasteiger partial charge in [-0.15, -0.1) is 0 Å². The SMILES string of the molecule is C[C@H](CCc1ccccc1)NC(=O)COC(=O)[C@@H]1C[C@H]2C=C[C@H]1C2. The van der Waals surface area contributed by atoms with Gasteiger partial charge in [0.1, 0.15) is 0 Å². The Hall–Kier alpha value is -2.10. The van der Waals surface area contributed by atoms with E-state index in [0.717, 1.165) is 25.7 Å². The molecule has 0 aromatic heterocycles. The molecule has 1 aromatic rings. The molecule has 2 aliphatic carbocycles. The summed E-state index contributed by atoms with van der Waals surface area (Å²) in [5, 5.41) is 2.90. The average molecular weight is 327 g/mol. The number of aryl methyl sites for hydroxylation is 1. The number of hydrogen-bond donors (Lipinski definition) is 1. The van der Waals surface area contributed by atoms with E-state index in [1.165, 1.54) is 5.56 Å². The Morgan fingerprint density at radius 3 is 2.67 bits per heavy atom. The summed E-state index contributed by atoms with van der Waals surface area (Å²) >= 11 is 0. The van der Waals surface area contributed by atoms with Crippen LogP contribution in [-0.2, 0) is 20.7 Å². The van der Waals surface area contributed by atoms with E-state index in [4.69, 9.17) is 4.74 Å². The van der Waals surface area contributed by atoms with E-state index in [1.54, 1.807) is 0 Å². The Morgan fingerprint density at radius 1 is 1.21 bits per heavy atom. The van der Waals surface area contributed by atoms with Gasteiger partial charge in [0.2, 0.25) is 0 Å². The first-order chi connectivity index (χ1) is 11.6. The quantitative estimate of drug-likeness (QED) is 0.619. The molecule has 0 spiro atoms. The highest BCUT2D eigenvalue weighted by Gasteiger charge is 2.40. The van der Waals surface area contributed by atoms with Crippen molar-refractivity contribution in [1.29, 1.82) is 0 Å². The number of esters is 1. The fraction of sp³-hybridized carbons (Fsp3) is 0.500. The molecule has 1 fully saturated rings. The van der Waals surface area contributed by atoms with E-state index in [1.807, 2.05) is 25.1 Å². The molecule has 2 bridgehead atoms. The number of amides is 1. The van der Waals surface area contributed by atoms with E-state index in [9.17, 15) is 9.59 Å². The minimum absolute atomic E-state index is 0.0525. The van der Waals surface area contributed by atoms with Crippen molar-refractivity contribution in [3.05, 3.63) is 48.0 Å². The Morgan fingerprint density at radius 2 is 2.00 bits per heavy atom. The number of ether oxygens (including phenoxy) is 1. The predicted molar refractivity (Wildman–Crippen MR) is 92.2 cm³/mol. The molecule has 0 radical (unpaired) electrons. The van der Waals surface area contributed by atoms with Crippen molar-refractivity contribution in [2.75, 3.05) is 6.61 Å². The Balaban J connectivity index is 1.34. The van der Waals surface area contributed by atoms with Crippen LogP contribution in [0.3, 0.4) is 0 Å². The largest absolute Gasteiger partial charge is 0.455 e. The number of allylic oxidation sites excluding steroid dienone is 2. The molecule has 4 atom stereocenters. The van der Waals surface area contributed by atoms with Crippen LogP contribution >= 0.6 is 0 Å². The van der Waals surface area contributed by atoms with Crippen molar-refractivity contribution >= 4 is 11.9 Å². The van der Waals surface area contributed by atoms with E-state index < -0.39 is 0 Å². The van der Waals surface area contributed by atoms with Crippen molar-refractivity contribution in [1.82, 2.24) is 5.32 Å². The van der Waals surface area contributed by atoms with Crippen molar-refractivity contribution in [3.63, 3.8) is 0 Å². The fourth-order valence-corrected chi connectivity index (χ4v) is 3.71. The molecule has 4 heteroatoms. The molecule has 4 nitrogen and oxygen atoms in total. The van der Waals surface area contributed by atoms with Crippen molar-refractivity contribution in [2.45, 2.75) is 38.6 Å². The zero-order chi connectivity index (χ0) is 16.9. The third-order valence-corrected chi connectivity index (χ3v) is 5.04. The lowest BCUT2D eigenvalue weighted by Crippen LogP contribution is -2.37. The molecule has 1 N–H and O–H groups in total. The van der Waals surface area contributed by atoms with Crippen LogP contribution in [-0.4, -0.2) is 24.5 Å². The zero-order valence-electron chi connectivity index (χ0n) is 14.1. The number of benzene rings is 1. The number of hydrogen-bond acceptors (Lipinski definition) is 3. The average Bonchev–Trinajstić information content (AvgIpc) is 3.22. The van der Waals surface area contributed by atoms with E-state index >= 15 is 0 Å². The molecule has 0 unspecified atom stereocenters. The minimum atomic E-state index is -0.223. The van der Waals surface area contributed by atoms with Crippen LogP contribution in [0.5, 0.6) is 0 Å². The summed E-state index contributed by atoms with van der Waals surface area (Å²) in [5.74, 6) is 0.347. The highest BCUT2D eigenvalue weighted by molar-refractivity contribution is 5.81. The molecular weight excluding hydrogens is 302 g/mol. The Kier molecular flexibility index (Phi) is 5.34. The molecule has 2 aliphatic rings. The number of rotatable bonds is 7. The van der Waals surface area contributed by atoms with Gasteiger partial charge in [-0.25, -0.2) is 0 Å². The maximum atomic E-state index is 12.1. The van der Waals surface area contributed by atoms with Crippen LogP contribution in [0, 0.1) is 17.8 Å². The van der Waals surface area contributed by atoms with Gasteiger partial charge in [0.15, 0.2) is 6.61 Å². The molecular formula is C20H25NO3. The van der Waals surface area contributed by atoms with Gasteiger partial charge in [-0.3, -0.25) is 9.59 Å². The molecule has 3 rings (SSSR count). The van der Waals surface area contributed by atoms with Gasteiger partial charge >= 0.3 is 5.97 Å². The molecule has 1 aromatic carbocycles. The lowest BCUT2D eigenvalue weighted by molar-refractivity contribution is -0.153. The predicted octanol–water partition coefficient (Wildman–Crippen LogP) is 2.88. The maximum absolute atomic E-state index is 12.1. The summed E-state index contributed by atoms with van der Waals surface area (Å²) < 4.78 is 5.22. The monoisotopic (exact) mass is 327 g/mol. The summed E-state index contributed by atoms with van der Waals surface area (Å²) in [4.78, 5) is 24.0. The summed E-state index contributed by atoms with van der Waals surface area (Å²) in [5.41, 5.74) is 1.26. The lowest BCUT2D eigenvalue weighted by Gasteiger charge is -2.17. The first-order valence-corrected chi connectivity index (χ1v) is 8.80. The van der Waals surface area contributed by atoms with Crippen LogP contribution in [0.2, 0.25) is 0 Å². The molecule has 0 heterocycles. The first kappa shape index (κ1) is 16.7. The third kappa shape index (κ3) is 4.25. The molecule has 0 aliphatic heterocycles. The smallest absolute Gasteiger partial charge is 0.310 e. The molecule has 0 saturated heterocycles. The molecule has 24 heavy (non-hydrogen) atoms. The normalized spacial score (nSPS) is 25.5. The topological polar surface area (TPSA) is 55.4 Å². The second-order valence-electron chi connectivity index (χ2n) is 6.99. The van der Waals surface area contributed by atoms with Gasteiger partial charge in [-0.05, 0) is 50.0 Å². The number of carbonyl (C=O) groups excluding carboxylic acids is 2. The second kappa shape index (κ2) is 7.65. The summed E-state index contributed by atoms with van der Waals surface area (Å²) in [6, 6.07) is 10.3. The van der Waals surface area contributed by atoms with E-state index in [2.05, 4.69) is 29.6 Å². The second-order valence-corrected chi connectivity index (χ2v) is 6.99. The maximum Gasteiger partial charge on any atom is 0.310 e. The molecule has 128 valence electrons. The lowest BCUT2D eigenvalue weighted by atomic mass is 9.94. The van der Waals surface area contributed by atoms with Crippen LogP contribution in [0.15, 0.2) is 42.5 Å². The first-order valence-electron chi connectivity index (χ1n) is 8.80. The number of carbonyl (C=O) groups is 2. The van der Waals surface area contributed by atoms with Crippen LogP contribution < -0.4 is 5.32 Å². The van der Waals surface area contributed by atoms with Gasteiger partial charge in [-0.2, -0.15) is 0 Å². The van der Waals surface area contributed by atoms with Crippen LogP contribution in [0.4, 0.5) is 0 Å². The van der Waals surface area contributed by atoms with E-state index in [0.29, 0.717) is 11.8 Å². The van der Waals surface area contributed by atoms with Crippen LogP contribution in [0.1, 0.15) is 31.7 Å². The number of nitrogens with one attached hydrogen (secondary N) is 1. The van der Waals surface area contributed by atoms with Crippen molar-refractivity contribution < 1.29 is 14.3 Å². The van der Waals surface area contributed by atoms with Gasteiger partial charge in [0, 0.05) is 6.04 Å². The fourth-order valence-electron chi connectivity index (χ4n) is 3.71.